The van der Waals surface area contributed by atoms with Crippen molar-refractivity contribution in [1.29, 1.82) is 0 Å². The molecule has 0 atom stereocenters. The summed E-state index contributed by atoms with van der Waals surface area (Å²) in [7, 11) is 0. The molecule has 0 aliphatic rings. The largest absolute Gasteiger partial charge is 0.478 e. The highest BCUT2D eigenvalue weighted by atomic mass is 127. The first kappa shape index (κ1) is 13.1. The third-order valence-corrected chi connectivity index (χ3v) is 3.15. The highest BCUT2D eigenvalue weighted by Gasteiger charge is 2.10. The van der Waals surface area contributed by atoms with Gasteiger partial charge in [0.1, 0.15) is 5.82 Å². The maximum Gasteiger partial charge on any atom is 0.337 e. The lowest BCUT2D eigenvalue weighted by Gasteiger charge is -2.07. The van der Waals surface area contributed by atoms with Gasteiger partial charge in [-0.15, -0.1) is 0 Å². The molecule has 2 aromatic rings. The zero-order chi connectivity index (χ0) is 13.1. The van der Waals surface area contributed by atoms with Gasteiger partial charge in [-0.25, -0.2) is 9.78 Å². The Hall–Kier alpha value is -1.34. The van der Waals surface area contributed by atoms with E-state index in [9.17, 15) is 4.79 Å². The molecule has 2 rings (SSSR count). The molecule has 0 aliphatic heterocycles. The standard InChI is InChI=1S/C12H8ClIN2O2/c13-10-6-15-11(5-9(10)12(17)18)16-8-3-1-2-7(14)4-8/h1-6H,(H,15,16)(H,17,18). The second kappa shape index (κ2) is 5.53. The number of benzene rings is 1. The summed E-state index contributed by atoms with van der Waals surface area (Å²) in [5.41, 5.74) is 0.868. The number of aromatic nitrogens is 1. The van der Waals surface area contributed by atoms with Crippen molar-refractivity contribution in [1.82, 2.24) is 4.98 Å². The predicted octanol–water partition coefficient (Wildman–Crippen LogP) is 3.78. The van der Waals surface area contributed by atoms with Crippen LogP contribution < -0.4 is 5.32 Å². The van der Waals surface area contributed by atoms with Crippen LogP contribution in [0.25, 0.3) is 0 Å². The van der Waals surface area contributed by atoms with Crippen molar-refractivity contribution in [2.45, 2.75) is 0 Å². The maximum atomic E-state index is 10.9. The van der Waals surface area contributed by atoms with Crippen LogP contribution in [0.3, 0.4) is 0 Å². The van der Waals surface area contributed by atoms with Crippen molar-refractivity contribution in [3.8, 4) is 0 Å². The van der Waals surface area contributed by atoms with Crippen molar-refractivity contribution in [3.63, 3.8) is 0 Å². The number of halogens is 2. The lowest BCUT2D eigenvalue weighted by Crippen LogP contribution is -2.01. The average Bonchev–Trinajstić information content (AvgIpc) is 2.31. The summed E-state index contributed by atoms with van der Waals surface area (Å²) < 4.78 is 1.07. The van der Waals surface area contributed by atoms with E-state index in [2.05, 4.69) is 32.9 Å². The van der Waals surface area contributed by atoms with E-state index in [-0.39, 0.29) is 10.6 Å². The minimum atomic E-state index is -1.08. The zero-order valence-corrected chi connectivity index (χ0v) is 11.9. The Morgan fingerprint density at radius 1 is 1.39 bits per heavy atom. The van der Waals surface area contributed by atoms with E-state index < -0.39 is 5.97 Å². The van der Waals surface area contributed by atoms with Crippen LogP contribution in [-0.2, 0) is 0 Å². The summed E-state index contributed by atoms with van der Waals surface area (Å²) >= 11 is 7.94. The van der Waals surface area contributed by atoms with Gasteiger partial charge in [-0.05, 0) is 46.9 Å². The number of rotatable bonds is 3. The fraction of sp³-hybridized carbons (Fsp3) is 0. The molecule has 0 amide bonds. The quantitative estimate of drug-likeness (QED) is 0.803. The van der Waals surface area contributed by atoms with E-state index in [1.807, 2.05) is 24.3 Å². The summed E-state index contributed by atoms with van der Waals surface area (Å²) in [5.74, 6) is -0.633. The first-order chi connectivity index (χ1) is 8.56. The van der Waals surface area contributed by atoms with E-state index in [4.69, 9.17) is 16.7 Å². The summed E-state index contributed by atoms with van der Waals surface area (Å²) in [6.07, 6.45) is 1.32. The number of carbonyl (C=O) groups is 1. The first-order valence-electron chi connectivity index (χ1n) is 4.97. The number of hydrogen-bond acceptors (Lipinski definition) is 3. The minimum absolute atomic E-state index is 0.0276. The Morgan fingerprint density at radius 2 is 2.17 bits per heavy atom. The maximum absolute atomic E-state index is 10.9. The Bertz CT molecular complexity index is 604. The zero-order valence-electron chi connectivity index (χ0n) is 9.02. The van der Waals surface area contributed by atoms with Crippen LogP contribution in [0, 0.1) is 3.57 Å². The Kier molecular flexibility index (Phi) is 4.03. The molecule has 0 spiro atoms. The van der Waals surface area contributed by atoms with Gasteiger partial charge in [0.05, 0.1) is 10.6 Å². The summed E-state index contributed by atoms with van der Waals surface area (Å²) in [6, 6.07) is 9.07. The molecule has 0 aliphatic carbocycles. The highest BCUT2D eigenvalue weighted by Crippen LogP contribution is 2.21. The van der Waals surface area contributed by atoms with Crippen LogP contribution in [0.5, 0.6) is 0 Å². The number of aromatic carboxylic acids is 1. The number of pyridine rings is 1. The third-order valence-electron chi connectivity index (χ3n) is 2.18. The van der Waals surface area contributed by atoms with Crippen molar-refractivity contribution in [2.24, 2.45) is 0 Å². The molecule has 0 saturated heterocycles. The van der Waals surface area contributed by atoms with Gasteiger partial charge < -0.3 is 10.4 Å². The van der Waals surface area contributed by atoms with Crippen LogP contribution in [-0.4, -0.2) is 16.1 Å². The Labute approximate surface area is 122 Å². The monoisotopic (exact) mass is 374 g/mol. The molecule has 1 heterocycles. The third kappa shape index (κ3) is 3.11. The normalized spacial score (nSPS) is 10.1. The van der Waals surface area contributed by atoms with Crippen LogP contribution in [0.1, 0.15) is 10.4 Å². The molecule has 6 heteroatoms. The summed E-state index contributed by atoms with van der Waals surface area (Å²) in [5, 5.41) is 12.1. The Morgan fingerprint density at radius 3 is 2.83 bits per heavy atom. The second-order valence-corrected chi connectivity index (χ2v) is 5.14. The van der Waals surface area contributed by atoms with Crippen molar-refractivity contribution >= 4 is 51.7 Å². The number of anilines is 2. The number of carboxylic acids is 1. The van der Waals surface area contributed by atoms with Crippen molar-refractivity contribution in [3.05, 3.63) is 50.7 Å². The lowest BCUT2D eigenvalue weighted by molar-refractivity contribution is 0.0697. The molecular weight excluding hydrogens is 367 g/mol. The highest BCUT2D eigenvalue weighted by molar-refractivity contribution is 14.1. The molecule has 2 N–H and O–H groups in total. The molecule has 0 unspecified atom stereocenters. The van der Waals surface area contributed by atoms with Crippen LogP contribution in [0.2, 0.25) is 5.02 Å². The van der Waals surface area contributed by atoms with E-state index >= 15 is 0 Å². The molecular formula is C12H8ClIN2O2. The smallest absolute Gasteiger partial charge is 0.337 e. The molecule has 1 aromatic heterocycles. The van der Waals surface area contributed by atoms with Crippen molar-refractivity contribution in [2.75, 3.05) is 5.32 Å². The van der Waals surface area contributed by atoms with Crippen LogP contribution in [0.4, 0.5) is 11.5 Å². The van der Waals surface area contributed by atoms with E-state index in [0.29, 0.717) is 5.82 Å². The number of hydrogen-bond donors (Lipinski definition) is 2. The van der Waals surface area contributed by atoms with Gasteiger partial charge in [-0.1, -0.05) is 17.7 Å². The molecule has 0 radical (unpaired) electrons. The molecule has 4 nitrogen and oxygen atoms in total. The minimum Gasteiger partial charge on any atom is -0.478 e. The average molecular weight is 375 g/mol. The SMILES string of the molecule is O=C(O)c1cc(Nc2cccc(I)c2)ncc1Cl. The fourth-order valence-corrected chi connectivity index (χ4v) is 2.11. The molecule has 92 valence electrons. The van der Waals surface area contributed by atoms with Crippen LogP contribution in [0.15, 0.2) is 36.5 Å². The predicted molar refractivity (Wildman–Crippen MR) is 78.6 cm³/mol. The molecule has 0 fully saturated rings. The van der Waals surface area contributed by atoms with Gasteiger partial charge in [0, 0.05) is 15.5 Å². The van der Waals surface area contributed by atoms with E-state index in [1.54, 1.807) is 0 Å². The molecule has 0 saturated carbocycles. The summed E-state index contributed by atoms with van der Waals surface area (Å²) in [6.45, 7) is 0. The van der Waals surface area contributed by atoms with E-state index in [1.165, 1.54) is 12.3 Å². The van der Waals surface area contributed by atoms with Gasteiger partial charge in [0.15, 0.2) is 0 Å². The number of carboxylic acid groups (broad SMARTS) is 1. The van der Waals surface area contributed by atoms with Gasteiger partial charge >= 0.3 is 5.97 Å². The topological polar surface area (TPSA) is 62.2 Å². The first-order valence-corrected chi connectivity index (χ1v) is 6.43. The summed E-state index contributed by atoms with van der Waals surface area (Å²) in [4.78, 5) is 15.0. The lowest BCUT2D eigenvalue weighted by atomic mass is 10.2. The van der Waals surface area contributed by atoms with Gasteiger partial charge in [0.25, 0.3) is 0 Å². The molecule has 0 bridgehead atoms. The van der Waals surface area contributed by atoms with Gasteiger partial charge in [0.2, 0.25) is 0 Å². The number of nitrogens with one attached hydrogen (secondary N) is 1. The van der Waals surface area contributed by atoms with Gasteiger partial charge in [-0.3, -0.25) is 0 Å². The van der Waals surface area contributed by atoms with Crippen LogP contribution >= 0.6 is 34.2 Å². The second-order valence-electron chi connectivity index (χ2n) is 3.49. The Balaban J connectivity index is 2.30. The molecule has 18 heavy (non-hydrogen) atoms. The van der Waals surface area contributed by atoms with Gasteiger partial charge in [-0.2, -0.15) is 0 Å². The molecule has 1 aromatic carbocycles. The van der Waals surface area contributed by atoms with Crippen molar-refractivity contribution < 1.29 is 9.90 Å². The fourth-order valence-electron chi connectivity index (χ4n) is 1.39. The van der Waals surface area contributed by atoms with E-state index in [0.717, 1.165) is 9.26 Å². The number of nitrogens with zero attached hydrogens (tertiary/aromatic N) is 1.